The van der Waals surface area contributed by atoms with Crippen molar-refractivity contribution in [1.29, 1.82) is 0 Å². The summed E-state index contributed by atoms with van der Waals surface area (Å²) in [5.41, 5.74) is -0.156. The van der Waals surface area contributed by atoms with Crippen molar-refractivity contribution < 1.29 is 29.5 Å². The van der Waals surface area contributed by atoms with Crippen molar-refractivity contribution in [3.8, 4) is 0 Å². The Morgan fingerprint density at radius 2 is 1.89 bits per heavy atom. The number of aromatic nitrogens is 2. The van der Waals surface area contributed by atoms with Crippen molar-refractivity contribution >= 4 is 29.6 Å². The van der Waals surface area contributed by atoms with Crippen LogP contribution in [0.25, 0.3) is 0 Å². The van der Waals surface area contributed by atoms with Crippen molar-refractivity contribution in [3.05, 3.63) is 51.2 Å². The molecule has 0 saturated heterocycles. The van der Waals surface area contributed by atoms with Gasteiger partial charge < -0.3 is 20.4 Å². The zero-order valence-corrected chi connectivity index (χ0v) is 13.7. The van der Waals surface area contributed by atoms with Crippen LogP contribution in [0.1, 0.15) is 21.6 Å². The van der Waals surface area contributed by atoms with Gasteiger partial charge >= 0.3 is 12.2 Å². The van der Waals surface area contributed by atoms with Crippen molar-refractivity contribution in [3.63, 3.8) is 0 Å². The molecule has 2 heterocycles. The number of fused-ring (bicyclic) bond motifs is 1. The van der Waals surface area contributed by atoms with Crippen LogP contribution >= 0.6 is 0 Å². The van der Waals surface area contributed by atoms with Crippen LogP contribution < -0.4 is 5.32 Å². The van der Waals surface area contributed by atoms with Crippen LogP contribution in [0.5, 0.6) is 0 Å². The first-order valence-corrected chi connectivity index (χ1v) is 7.66. The smallest absolute Gasteiger partial charge is 0.432 e. The third kappa shape index (κ3) is 3.27. The van der Waals surface area contributed by atoms with E-state index in [1.807, 2.05) is 0 Å². The molecule has 0 fully saturated rings. The third-order valence-electron chi connectivity index (χ3n) is 4.09. The van der Waals surface area contributed by atoms with Crippen LogP contribution in [-0.4, -0.2) is 54.5 Å². The zero-order chi connectivity index (χ0) is 19.7. The number of benzene rings is 1. The summed E-state index contributed by atoms with van der Waals surface area (Å²) >= 11 is 0. The van der Waals surface area contributed by atoms with E-state index < -0.39 is 28.7 Å². The average Bonchev–Trinajstić information content (AvgIpc) is 2.99. The summed E-state index contributed by atoms with van der Waals surface area (Å²) in [7, 11) is 0. The molecule has 0 unspecified atom stereocenters. The second-order valence-electron chi connectivity index (χ2n) is 5.65. The molecule has 0 atom stereocenters. The first kappa shape index (κ1) is 17.8. The van der Waals surface area contributed by atoms with Crippen LogP contribution in [0.15, 0.2) is 24.3 Å². The molecular formula is C15H13N5O7. The molecule has 140 valence electrons. The summed E-state index contributed by atoms with van der Waals surface area (Å²) < 4.78 is 0.670. The summed E-state index contributed by atoms with van der Waals surface area (Å²) in [6.07, 6.45) is -2.48. The first-order valence-electron chi connectivity index (χ1n) is 7.66. The van der Waals surface area contributed by atoms with E-state index >= 15 is 0 Å². The van der Waals surface area contributed by atoms with Gasteiger partial charge in [0.2, 0.25) is 0 Å². The molecule has 1 aromatic heterocycles. The van der Waals surface area contributed by atoms with Crippen molar-refractivity contribution in [2.45, 2.75) is 13.0 Å². The summed E-state index contributed by atoms with van der Waals surface area (Å²) in [6, 6.07) is 5.25. The minimum atomic E-state index is -1.39. The molecule has 1 aliphatic heterocycles. The van der Waals surface area contributed by atoms with E-state index in [0.29, 0.717) is 4.68 Å². The topological polar surface area (TPSA) is 168 Å². The first-order chi connectivity index (χ1) is 12.8. The molecule has 2 aromatic rings. The molecule has 3 N–H and O–H groups in total. The van der Waals surface area contributed by atoms with E-state index in [4.69, 9.17) is 5.11 Å². The highest BCUT2D eigenvalue weighted by molar-refractivity contribution is 6.07. The number of nitrogens with zero attached hydrogens (tertiary/aromatic N) is 4. The van der Waals surface area contributed by atoms with E-state index in [2.05, 4.69) is 10.4 Å². The molecule has 0 saturated carbocycles. The Kier molecular flexibility index (Phi) is 4.46. The normalized spacial score (nSPS) is 13.0. The fraction of sp³-hybridized carbons (Fsp3) is 0.200. The van der Waals surface area contributed by atoms with Gasteiger partial charge in [0.25, 0.3) is 11.6 Å². The fourth-order valence-electron chi connectivity index (χ4n) is 2.84. The lowest BCUT2D eigenvalue weighted by Gasteiger charge is -2.24. The Morgan fingerprint density at radius 1 is 1.19 bits per heavy atom. The lowest BCUT2D eigenvalue weighted by Crippen LogP contribution is -2.35. The quantitative estimate of drug-likeness (QED) is 0.537. The number of nitrogens with one attached hydrogen (secondary N) is 1. The standard InChI is InChI=1S/C15H13N5O7/c21-13(8-3-1-2-4-11(8)20(26)27)16-12-9-7-18(14(22)23)6-5-10(9)19(17-12)15(24)25/h1-4H,5-7H2,(H,22,23)(H,24,25)(H,16,17,21). The maximum absolute atomic E-state index is 12.5. The highest BCUT2D eigenvalue weighted by Crippen LogP contribution is 2.27. The van der Waals surface area contributed by atoms with Crippen LogP contribution in [0, 0.1) is 10.1 Å². The molecular weight excluding hydrogens is 362 g/mol. The second-order valence-corrected chi connectivity index (χ2v) is 5.65. The predicted molar refractivity (Wildman–Crippen MR) is 88.8 cm³/mol. The molecule has 12 heteroatoms. The molecule has 2 amide bonds. The number of anilines is 1. The Morgan fingerprint density at radius 3 is 2.52 bits per heavy atom. The lowest BCUT2D eigenvalue weighted by molar-refractivity contribution is -0.385. The second kappa shape index (κ2) is 6.74. The number of amides is 2. The van der Waals surface area contributed by atoms with Gasteiger partial charge in [-0.25, -0.2) is 9.59 Å². The van der Waals surface area contributed by atoms with Gasteiger partial charge in [-0.15, -0.1) is 5.10 Å². The number of nitro benzene ring substituents is 1. The molecule has 0 spiro atoms. The van der Waals surface area contributed by atoms with Crippen LogP contribution in [0.2, 0.25) is 0 Å². The van der Waals surface area contributed by atoms with Gasteiger partial charge in [0.05, 0.1) is 17.2 Å². The van der Waals surface area contributed by atoms with E-state index in [1.54, 1.807) is 0 Å². The number of hydrogen-bond donors (Lipinski definition) is 3. The lowest BCUT2D eigenvalue weighted by atomic mass is 10.1. The van der Waals surface area contributed by atoms with Gasteiger partial charge in [0.1, 0.15) is 5.56 Å². The summed E-state index contributed by atoms with van der Waals surface area (Å²) in [4.78, 5) is 46.5. The molecule has 0 aliphatic carbocycles. The minimum Gasteiger partial charge on any atom is -0.465 e. The highest BCUT2D eigenvalue weighted by atomic mass is 16.6. The number of nitro groups is 1. The predicted octanol–water partition coefficient (Wildman–Crippen LogP) is 1.61. The highest BCUT2D eigenvalue weighted by Gasteiger charge is 2.31. The number of carboxylic acid groups (broad SMARTS) is 2. The molecule has 12 nitrogen and oxygen atoms in total. The molecule has 1 aliphatic rings. The van der Waals surface area contributed by atoms with Crippen LogP contribution in [0.4, 0.5) is 21.1 Å². The number of rotatable bonds is 3. The minimum absolute atomic E-state index is 0.0822. The Labute approximate surface area is 150 Å². The monoisotopic (exact) mass is 375 g/mol. The van der Waals surface area contributed by atoms with Gasteiger partial charge in [0.15, 0.2) is 5.82 Å². The molecule has 0 radical (unpaired) electrons. The van der Waals surface area contributed by atoms with E-state index in [-0.39, 0.29) is 42.1 Å². The van der Waals surface area contributed by atoms with Crippen LogP contribution in [-0.2, 0) is 13.0 Å². The molecule has 27 heavy (non-hydrogen) atoms. The van der Waals surface area contributed by atoms with Gasteiger partial charge in [-0.05, 0) is 6.07 Å². The maximum atomic E-state index is 12.5. The van der Waals surface area contributed by atoms with Crippen LogP contribution in [0.3, 0.4) is 0 Å². The van der Waals surface area contributed by atoms with Gasteiger partial charge in [-0.1, -0.05) is 12.1 Å². The van der Waals surface area contributed by atoms with Crippen molar-refractivity contribution in [2.24, 2.45) is 0 Å². The Balaban J connectivity index is 1.98. The SMILES string of the molecule is O=C(Nc1nn(C(=O)O)c2c1CN(C(=O)O)CC2)c1ccccc1[N+](=O)[O-]. The van der Waals surface area contributed by atoms with E-state index in [0.717, 1.165) is 11.0 Å². The van der Waals surface area contributed by atoms with E-state index in [1.165, 1.54) is 18.2 Å². The molecule has 0 bridgehead atoms. The summed E-state index contributed by atoms with van der Waals surface area (Å²) in [5.74, 6) is -1.01. The van der Waals surface area contributed by atoms with Crippen molar-refractivity contribution in [1.82, 2.24) is 14.7 Å². The van der Waals surface area contributed by atoms with Gasteiger partial charge in [0, 0.05) is 24.6 Å². The van der Waals surface area contributed by atoms with Gasteiger partial charge in [-0.3, -0.25) is 14.9 Å². The fourth-order valence-corrected chi connectivity index (χ4v) is 2.84. The average molecular weight is 375 g/mol. The maximum Gasteiger partial charge on any atom is 0.432 e. The zero-order valence-electron chi connectivity index (χ0n) is 13.7. The largest absolute Gasteiger partial charge is 0.465 e. The van der Waals surface area contributed by atoms with Gasteiger partial charge in [-0.2, -0.15) is 4.68 Å². The van der Waals surface area contributed by atoms with Crippen molar-refractivity contribution in [2.75, 3.05) is 11.9 Å². The number of carbonyl (C=O) groups excluding carboxylic acids is 1. The summed E-state index contributed by atoms with van der Waals surface area (Å²) in [6.45, 7) is -0.0801. The molecule has 3 rings (SSSR count). The van der Waals surface area contributed by atoms with E-state index in [9.17, 15) is 29.6 Å². The Bertz CT molecular complexity index is 967. The number of para-hydroxylation sites is 1. The third-order valence-corrected chi connectivity index (χ3v) is 4.09. The number of carbonyl (C=O) groups is 3. The number of hydrogen-bond acceptors (Lipinski definition) is 6. The Hall–Kier alpha value is -3.96. The molecule has 1 aromatic carbocycles. The summed E-state index contributed by atoms with van der Waals surface area (Å²) in [5, 5.41) is 35.7.